The topological polar surface area (TPSA) is 0 Å². The molecule has 0 bridgehead atoms. The van der Waals surface area contributed by atoms with E-state index >= 15 is 0 Å². The van der Waals surface area contributed by atoms with Crippen LogP contribution in [0.5, 0.6) is 0 Å². The fraction of sp³-hybridized carbons (Fsp3) is 0.778. The molecule has 0 saturated carbocycles. The molecule has 0 N–H and O–H groups in total. The zero-order valence-corrected chi connectivity index (χ0v) is 11.8. The molecule has 0 aliphatic carbocycles. The Morgan fingerprint density at radius 3 is 1.10 bits per heavy atom. The van der Waals surface area contributed by atoms with Crippen LogP contribution in [-0.4, -0.2) is 0 Å². The Balaban J connectivity index is -0.000000149. The molecule has 0 aromatic carbocycles. The molecular weight excluding hydrogens is 287 g/mol. The van der Waals surface area contributed by atoms with Crippen LogP contribution in [0.3, 0.4) is 0 Å². The van der Waals surface area contributed by atoms with Crippen molar-refractivity contribution in [3.05, 3.63) is 12.8 Å². The molecule has 62 valence electrons. The molecule has 0 aliphatic rings. The summed E-state index contributed by atoms with van der Waals surface area (Å²) in [6.07, 6.45) is 0. The molecule has 1 heteroatoms. The molecule has 0 unspecified atom stereocenters. The fourth-order valence-corrected chi connectivity index (χ4v) is 0. The van der Waals surface area contributed by atoms with Crippen molar-refractivity contribution in [2.75, 3.05) is 0 Å². The van der Waals surface area contributed by atoms with Crippen LogP contribution in [0, 0.1) is 18.3 Å². The van der Waals surface area contributed by atoms with Crippen LogP contribution < -0.4 is 0 Å². The molecule has 0 aromatic rings. The predicted molar refractivity (Wildman–Crippen MR) is 45.1 cm³/mol. The van der Waals surface area contributed by atoms with Crippen molar-refractivity contribution in [2.24, 2.45) is 5.41 Å². The van der Waals surface area contributed by atoms with Gasteiger partial charge in [0.05, 0.1) is 0 Å². The molecule has 0 atom stereocenters. The minimum absolute atomic E-state index is 0. The van der Waals surface area contributed by atoms with E-state index in [4.69, 9.17) is 0 Å². The summed E-state index contributed by atoms with van der Waals surface area (Å²) in [5.74, 6) is 1.49. The van der Waals surface area contributed by atoms with Crippen molar-refractivity contribution in [3.63, 3.8) is 0 Å². The van der Waals surface area contributed by atoms with Crippen molar-refractivity contribution < 1.29 is 25.8 Å². The summed E-state index contributed by atoms with van der Waals surface area (Å²) < 4.78 is 0. The monoisotopic (exact) mass is 308 g/mol. The van der Waals surface area contributed by atoms with Gasteiger partial charge < -0.3 is 12.8 Å². The molecule has 0 radical (unpaired) electrons. The van der Waals surface area contributed by atoms with Crippen molar-refractivity contribution in [2.45, 2.75) is 41.5 Å². The second kappa shape index (κ2) is 7.97. The Kier molecular flexibility index (Phi) is 13.6. The quantitative estimate of drug-likeness (QED) is 0.475. The molecule has 0 nitrogen and oxygen atoms in total. The zero-order valence-electron chi connectivity index (χ0n) is 8.21. The van der Waals surface area contributed by atoms with Crippen LogP contribution in [0.25, 0.3) is 0 Å². The summed E-state index contributed by atoms with van der Waals surface area (Å²) in [5, 5.41) is 0. The number of hydrogen-bond donors (Lipinski definition) is 0. The van der Waals surface area contributed by atoms with Crippen LogP contribution >= 0.6 is 0 Å². The Hall–Kier alpha value is 0.870. The van der Waals surface area contributed by atoms with E-state index in [1.807, 2.05) is 0 Å². The fourth-order valence-electron chi connectivity index (χ4n) is 0. The SMILES string of the molecule is C[C-](C)C(C)(C)C.[CH2-]C.[Hf]. The van der Waals surface area contributed by atoms with Gasteiger partial charge in [0.25, 0.3) is 0 Å². The molecular formula is C9H20Hf-2. The Morgan fingerprint density at radius 1 is 1.00 bits per heavy atom. The molecule has 0 amide bonds. The standard InChI is InChI=1S/C7H15.C2H5.Hf/c1-6(2)7(3,4)5;1-2;/h1-5H3;1H2,2H3;/q2*-1;. The number of rotatable bonds is 0. The van der Waals surface area contributed by atoms with E-state index in [2.05, 4.69) is 41.5 Å². The van der Waals surface area contributed by atoms with Crippen LogP contribution in [-0.2, 0) is 25.8 Å². The third-order valence-corrected chi connectivity index (χ3v) is 1.50. The Labute approximate surface area is 85.6 Å². The van der Waals surface area contributed by atoms with Gasteiger partial charge in [-0.05, 0) is 0 Å². The third kappa shape index (κ3) is 11.6. The van der Waals surface area contributed by atoms with E-state index in [1.165, 1.54) is 5.92 Å². The first-order valence-corrected chi connectivity index (χ1v) is 3.46. The van der Waals surface area contributed by atoms with E-state index in [1.54, 1.807) is 6.92 Å². The van der Waals surface area contributed by atoms with Crippen molar-refractivity contribution in [3.8, 4) is 0 Å². The van der Waals surface area contributed by atoms with Crippen molar-refractivity contribution in [1.29, 1.82) is 0 Å². The van der Waals surface area contributed by atoms with Gasteiger partial charge in [-0.25, -0.2) is 0 Å². The average Bonchev–Trinajstić information content (AvgIpc) is 1.69. The van der Waals surface area contributed by atoms with E-state index in [0.29, 0.717) is 5.41 Å². The zero-order chi connectivity index (χ0) is 8.08. The molecule has 0 heterocycles. The van der Waals surface area contributed by atoms with Crippen LogP contribution in [0.15, 0.2) is 0 Å². The summed E-state index contributed by atoms with van der Waals surface area (Å²) >= 11 is 0. The van der Waals surface area contributed by atoms with Crippen LogP contribution in [0.2, 0.25) is 0 Å². The van der Waals surface area contributed by atoms with Crippen molar-refractivity contribution in [1.82, 2.24) is 0 Å². The average molecular weight is 307 g/mol. The third-order valence-electron chi connectivity index (χ3n) is 1.50. The minimum Gasteiger partial charge on any atom is -0.346 e. The Morgan fingerprint density at radius 2 is 1.10 bits per heavy atom. The van der Waals surface area contributed by atoms with E-state index < -0.39 is 0 Å². The largest absolute Gasteiger partial charge is 0.346 e. The van der Waals surface area contributed by atoms with Gasteiger partial charge in [-0.15, -0.1) is 0 Å². The predicted octanol–water partition coefficient (Wildman–Crippen LogP) is 3.48. The first-order valence-electron chi connectivity index (χ1n) is 3.46. The van der Waals surface area contributed by atoms with Gasteiger partial charge in [-0.2, -0.15) is 26.2 Å². The van der Waals surface area contributed by atoms with Gasteiger partial charge in [-0.1, -0.05) is 20.8 Å². The summed E-state index contributed by atoms with van der Waals surface area (Å²) in [6, 6.07) is 0. The summed E-state index contributed by atoms with van der Waals surface area (Å²) in [4.78, 5) is 0. The van der Waals surface area contributed by atoms with Gasteiger partial charge in [0.2, 0.25) is 0 Å². The first kappa shape index (κ1) is 17.1. The molecule has 0 aromatic heterocycles. The maximum absolute atomic E-state index is 3.25. The second-order valence-electron chi connectivity index (χ2n) is 3.25. The van der Waals surface area contributed by atoms with E-state index in [0.717, 1.165) is 0 Å². The summed E-state index contributed by atoms with van der Waals surface area (Å²) in [6.45, 7) is 16.0. The summed E-state index contributed by atoms with van der Waals surface area (Å²) in [7, 11) is 0. The van der Waals surface area contributed by atoms with E-state index in [-0.39, 0.29) is 25.8 Å². The van der Waals surface area contributed by atoms with Gasteiger partial charge in [0.1, 0.15) is 0 Å². The Bertz CT molecular complexity index is 50.2. The smallest absolute Gasteiger partial charge is 0 e. The molecule has 0 saturated heterocycles. The van der Waals surface area contributed by atoms with Gasteiger partial charge >= 0.3 is 0 Å². The molecule has 0 spiro atoms. The van der Waals surface area contributed by atoms with Crippen LogP contribution in [0.4, 0.5) is 0 Å². The second-order valence-corrected chi connectivity index (χ2v) is 3.25. The van der Waals surface area contributed by atoms with Gasteiger partial charge in [-0.3, -0.25) is 0 Å². The molecule has 0 rings (SSSR count). The summed E-state index contributed by atoms with van der Waals surface area (Å²) in [5.41, 5.74) is 0.417. The van der Waals surface area contributed by atoms with Crippen molar-refractivity contribution >= 4 is 0 Å². The molecule has 0 aliphatic heterocycles. The number of hydrogen-bond acceptors (Lipinski definition) is 0. The molecule has 0 fully saturated rings. The van der Waals surface area contributed by atoms with Gasteiger partial charge in [0.15, 0.2) is 0 Å². The first-order chi connectivity index (χ1) is 3.94. The maximum Gasteiger partial charge on any atom is 0 e. The van der Waals surface area contributed by atoms with Gasteiger partial charge in [0, 0.05) is 25.8 Å². The molecule has 10 heavy (non-hydrogen) atoms. The van der Waals surface area contributed by atoms with Crippen LogP contribution in [0.1, 0.15) is 41.5 Å². The normalized spacial score (nSPS) is 9.60. The van der Waals surface area contributed by atoms with E-state index in [9.17, 15) is 0 Å². The minimum atomic E-state index is 0. The maximum atomic E-state index is 3.25.